The van der Waals surface area contributed by atoms with Crippen LogP contribution in [0.3, 0.4) is 0 Å². The molecule has 0 spiro atoms. The second-order valence-corrected chi connectivity index (χ2v) is 5.76. The van der Waals surface area contributed by atoms with E-state index in [9.17, 15) is 0 Å². The van der Waals surface area contributed by atoms with Gasteiger partial charge in [0.25, 0.3) is 0 Å². The summed E-state index contributed by atoms with van der Waals surface area (Å²) in [5.41, 5.74) is 2.43. The van der Waals surface area contributed by atoms with Gasteiger partial charge in [-0.25, -0.2) is 4.98 Å². The Hall–Kier alpha value is -2.33. The van der Waals surface area contributed by atoms with E-state index in [1.165, 1.54) is 5.69 Å². The number of aromatic nitrogens is 2. The fourth-order valence-corrected chi connectivity index (χ4v) is 3.14. The first kappa shape index (κ1) is 13.3. The zero-order valence-corrected chi connectivity index (χ0v) is 12.6. The Morgan fingerprint density at radius 1 is 1.14 bits per heavy atom. The van der Waals surface area contributed by atoms with Crippen molar-refractivity contribution >= 4 is 0 Å². The number of oxazole rings is 1. The number of nitrogens with zero attached hydrogens (tertiary/aromatic N) is 3. The van der Waals surface area contributed by atoms with Crippen LogP contribution in [0.15, 0.2) is 59.3 Å². The standard InChI is InChI=1S/C18H19N3O/c1-14-16-8-5-9-20(16)10-11-21(14)13-18-19-12-17(22-18)15-6-3-2-4-7-15/h2-9,12,14H,10-11,13H2,1H3/t14-/m0/s1. The lowest BCUT2D eigenvalue weighted by atomic mass is 10.1. The lowest BCUT2D eigenvalue weighted by Crippen LogP contribution is -2.35. The predicted molar refractivity (Wildman–Crippen MR) is 85.2 cm³/mol. The molecule has 0 aliphatic carbocycles. The van der Waals surface area contributed by atoms with E-state index >= 15 is 0 Å². The minimum atomic E-state index is 0.385. The molecule has 0 amide bonds. The molecule has 0 unspecified atom stereocenters. The van der Waals surface area contributed by atoms with Gasteiger partial charge in [0.05, 0.1) is 12.7 Å². The van der Waals surface area contributed by atoms with Gasteiger partial charge in [-0.15, -0.1) is 0 Å². The van der Waals surface area contributed by atoms with E-state index in [-0.39, 0.29) is 0 Å². The zero-order chi connectivity index (χ0) is 14.9. The van der Waals surface area contributed by atoms with Gasteiger partial charge in [-0.05, 0) is 19.1 Å². The summed E-state index contributed by atoms with van der Waals surface area (Å²) in [6.45, 7) is 5.04. The van der Waals surface area contributed by atoms with E-state index in [0.717, 1.165) is 36.8 Å². The minimum Gasteiger partial charge on any atom is -0.439 e. The van der Waals surface area contributed by atoms with Crippen molar-refractivity contribution in [2.24, 2.45) is 0 Å². The molecule has 3 heterocycles. The van der Waals surface area contributed by atoms with Gasteiger partial charge in [-0.3, -0.25) is 4.90 Å². The average Bonchev–Trinajstić information content (AvgIpc) is 3.20. The third-order valence-electron chi connectivity index (χ3n) is 4.42. The largest absolute Gasteiger partial charge is 0.439 e. The molecule has 0 saturated carbocycles. The molecule has 1 aliphatic rings. The fraction of sp³-hybridized carbons (Fsp3) is 0.278. The average molecular weight is 293 g/mol. The summed E-state index contributed by atoms with van der Waals surface area (Å²) in [6.07, 6.45) is 3.98. The highest BCUT2D eigenvalue weighted by atomic mass is 16.4. The van der Waals surface area contributed by atoms with E-state index in [1.807, 2.05) is 36.5 Å². The Morgan fingerprint density at radius 2 is 2.00 bits per heavy atom. The summed E-state index contributed by atoms with van der Waals surface area (Å²) in [6, 6.07) is 14.8. The highest BCUT2D eigenvalue weighted by Gasteiger charge is 2.24. The fourth-order valence-electron chi connectivity index (χ4n) is 3.14. The molecule has 1 atom stereocenters. The zero-order valence-electron chi connectivity index (χ0n) is 12.6. The number of fused-ring (bicyclic) bond motifs is 1. The summed E-state index contributed by atoms with van der Waals surface area (Å²) in [7, 11) is 0. The Kier molecular flexibility index (Phi) is 3.31. The van der Waals surface area contributed by atoms with Gasteiger partial charge in [-0.1, -0.05) is 30.3 Å². The lowest BCUT2D eigenvalue weighted by Gasteiger charge is -2.33. The Balaban J connectivity index is 1.52. The summed E-state index contributed by atoms with van der Waals surface area (Å²) >= 11 is 0. The molecule has 1 aromatic carbocycles. The van der Waals surface area contributed by atoms with Crippen molar-refractivity contribution in [3.63, 3.8) is 0 Å². The molecular formula is C18H19N3O. The van der Waals surface area contributed by atoms with Gasteiger partial charge in [0.1, 0.15) is 0 Å². The van der Waals surface area contributed by atoms with Crippen LogP contribution in [-0.2, 0) is 13.1 Å². The molecule has 4 heteroatoms. The number of rotatable bonds is 3. The maximum atomic E-state index is 5.93. The van der Waals surface area contributed by atoms with Crippen LogP contribution in [0, 0.1) is 0 Å². The minimum absolute atomic E-state index is 0.385. The molecule has 1 aliphatic heterocycles. The highest BCUT2D eigenvalue weighted by Crippen LogP contribution is 2.27. The molecule has 112 valence electrons. The van der Waals surface area contributed by atoms with Crippen molar-refractivity contribution < 1.29 is 4.42 Å². The van der Waals surface area contributed by atoms with Gasteiger partial charge in [0, 0.05) is 36.6 Å². The van der Waals surface area contributed by atoms with Crippen molar-refractivity contribution in [1.29, 1.82) is 0 Å². The molecule has 0 fully saturated rings. The molecule has 3 aromatic rings. The molecule has 4 rings (SSSR count). The Morgan fingerprint density at radius 3 is 2.86 bits per heavy atom. The molecule has 0 saturated heterocycles. The van der Waals surface area contributed by atoms with E-state index < -0.39 is 0 Å². The van der Waals surface area contributed by atoms with Crippen molar-refractivity contribution in [1.82, 2.24) is 14.5 Å². The number of hydrogen-bond acceptors (Lipinski definition) is 3. The van der Waals surface area contributed by atoms with Gasteiger partial charge in [-0.2, -0.15) is 0 Å². The molecular weight excluding hydrogens is 274 g/mol. The molecule has 22 heavy (non-hydrogen) atoms. The van der Waals surface area contributed by atoms with Crippen LogP contribution in [0.2, 0.25) is 0 Å². The van der Waals surface area contributed by atoms with Crippen molar-refractivity contribution in [2.45, 2.75) is 26.1 Å². The van der Waals surface area contributed by atoms with Gasteiger partial charge >= 0.3 is 0 Å². The first-order valence-corrected chi connectivity index (χ1v) is 7.70. The third-order valence-corrected chi connectivity index (χ3v) is 4.42. The molecule has 0 radical (unpaired) electrons. The van der Waals surface area contributed by atoms with Gasteiger partial charge in [0.15, 0.2) is 5.76 Å². The van der Waals surface area contributed by atoms with E-state index in [2.05, 4.69) is 39.7 Å². The van der Waals surface area contributed by atoms with E-state index in [4.69, 9.17) is 4.42 Å². The molecule has 4 nitrogen and oxygen atoms in total. The Labute approximate surface area is 130 Å². The van der Waals surface area contributed by atoms with Crippen molar-refractivity contribution in [2.75, 3.05) is 6.54 Å². The molecule has 0 N–H and O–H groups in total. The smallest absolute Gasteiger partial charge is 0.209 e. The Bertz CT molecular complexity index is 760. The second-order valence-electron chi connectivity index (χ2n) is 5.76. The number of benzene rings is 1. The quantitative estimate of drug-likeness (QED) is 0.738. The summed E-state index contributed by atoms with van der Waals surface area (Å²) < 4.78 is 8.26. The summed E-state index contributed by atoms with van der Waals surface area (Å²) in [4.78, 5) is 6.86. The topological polar surface area (TPSA) is 34.2 Å². The molecule has 2 aromatic heterocycles. The first-order chi connectivity index (χ1) is 10.8. The third kappa shape index (κ3) is 2.35. The summed E-state index contributed by atoms with van der Waals surface area (Å²) in [5, 5.41) is 0. The monoisotopic (exact) mass is 293 g/mol. The van der Waals surface area contributed by atoms with Crippen LogP contribution in [0.5, 0.6) is 0 Å². The van der Waals surface area contributed by atoms with Crippen LogP contribution >= 0.6 is 0 Å². The lowest BCUT2D eigenvalue weighted by molar-refractivity contribution is 0.147. The predicted octanol–water partition coefficient (Wildman–Crippen LogP) is 3.72. The maximum absolute atomic E-state index is 5.93. The first-order valence-electron chi connectivity index (χ1n) is 7.70. The van der Waals surface area contributed by atoms with E-state index in [0.29, 0.717) is 6.04 Å². The van der Waals surface area contributed by atoms with Crippen LogP contribution in [0.25, 0.3) is 11.3 Å². The van der Waals surface area contributed by atoms with Gasteiger partial charge in [0.2, 0.25) is 5.89 Å². The van der Waals surface area contributed by atoms with Crippen molar-refractivity contribution in [3.8, 4) is 11.3 Å². The number of hydrogen-bond donors (Lipinski definition) is 0. The maximum Gasteiger partial charge on any atom is 0.209 e. The highest BCUT2D eigenvalue weighted by molar-refractivity contribution is 5.55. The normalized spacial score (nSPS) is 18.3. The SMILES string of the molecule is C[C@H]1c2cccn2CCN1Cc1ncc(-c2ccccc2)o1. The van der Waals surface area contributed by atoms with Crippen LogP contribution in [0.1, 0.15) is 24.6 Å². The van der Waals surface area contributed by atoms with Gasteiger partial charge < -0.3 is 8.98 Å². The van der Waals surface area contributed by atoms with Crippen LogP contribution < -0.4 is 0 Å². The van der Waals surface area contributed by atoms with Crippen LogP contribution in [-0.4, -0.2) is 21.0 Å². The second kappa shape index (κ2) is 5.46. The van der Waals surface area contributed by atoms with Crippen molar-refractivity contribution in [3.05, 3.63) is 66.4 Å². The molecule has 0 bridgehead atoms. The van der Waals surface area contributed by atoms with Crippen LogP contribution in [0.4, 0.5) is 0 Å². The summed E-state index contributed by atoms with van der Waals surface area (Å²) in [5.74, 6) is 1.62. The van der Waals surface area contributed by atoms with E-state index in [1.54, 1.807) is 0 Å².